The second kappa shape index (κ2) is 10.8. The Morgan fingerprint density at radius 1 is 1.04 bits per heavy atom. The third kappa shape index (κ3) is 6.97. The van der Waals surface area contributed by atoms with E-state index < -0.39 is 0 Å². The number of carbonyl (C=O) groups is 1. The van der Waals surface area contributed by atoms with E-state index in [9.17, 15) is 4.79 Å². The van der Waals surface area contributed by atoms with Crippen LogP contribution in [-0.4, -0.2) is 37.0 Å². The Labute approximate surface area is 169 Å². The molecule has 1 saturated heterocycles. The van der Waals surface area contributed by atoms with Crippen molar-refractivity contribution in [2.75, 3.05) is 26.2 Å². The molecule has 1 N–H and O–H groups in total. The largest absolute Gasteiger partial charge is 0.352 e. The van der Waals surface area contributed by atoms with Crippen LogP contribution in [0.15, 0.2) is 72.3 Å². The Hall–Kier alpha value is -2.39. The number of nitrogens with one attached hydrogen (secondary N) is 1. The molecule has 1 heterocycles. The Balaban J connectivity index is 1.33. The number of nitrogens with zero attached hydrogens (tertiary/aromatic N) is 1. The van der Waals surface area contributed by atoms with Crippen LogP contribution in [0.3, 0.4) is 0 Å². The van der Waals surface area contributed by atoms with Crippen LogP contribution >= 0.6 is 0 Å². The average molecular weight is 377 g/mol. The molecule has 28 heavy (non-hydrogen) atoms. The van der Waals surface area contributed by atoms with Gasteiger partial charge >= 0.3 is 0 Å². The minimum Gasteiger partial charge on any atom is -0.352 e. The predicted octanol–water partition coefficient (Wildman–Crippen LogP) is 4.25. The molecule has 0 saturated carbocycles. The molecule has 3 nitrogen and oxygen atoms in total. The van der Waals surface area contributed by atoms with Gasteiger partial charge in [-0.05, 0) is 56.2 Å². The highest BCUT2D eigenvalue weighted by Gasteiger charge is 2.22. The Bertz CT molecular complexity index is 755. The van der Waals surface area contributed by atoms with E-state index in [-0.39, 0.29) is 5.91 Å². The van der Waals surface area contributed by atoms with Gasteiger partial charge in [0.25, 0.3) is 0 Å². The van der Waals surface area contributed by atoms with Crippen LogP contribution < -0.4 is 5.32 Å². The highest BCUT2D eigenvalue weighted by Crippen LogP contribution is 2.16. The fourth-order valence-electron chi connectivity index (χ4n) is 3.79. The van der Waals surface area contributed by atoms with Crippen molar-refractivity contribution in [3.05, 3.63) is 83.4 Å². The summed E-state index contributed by atoms with van der Waals surface area (Å²) in [6.07, 6.45) is 5.95. The lowest BCUT2D eigenvalue weighted by atomic mass is 10.1. The molecule has 0 aliphatic carbocycles. The number of rotatable bonds is 9. The molecular weight excluding hydrogens is 344 g/mol. The number of amides is 1. The van der Waals surface area contributed by atoms with Crippen molar-refractivity contribution in [3.63, 3.8) is 0 Å². The van der Waals surface area contributed by atoms with Crippen molar-refractivity contribution in [2.24, 2.45) is 5.92 Å². The summed E-state index contributed by atoms with van der Waals surface area (Å²) in [5.74, 6) is 0.617. The zero-order valence-corrected chi connectivity index (χ0v) is 16.9. The van der Waals surface area contributed by atoms with Crippen LogP contribution in [0.2, 0.25) is 0 Å². The first kappa shape index (κ1) is 20.3. The molecule has 3 heteroatoms. The van der Waals surface area contributed by atoms with Gasteiger partial charge in [0.1, 0.15) is 0 Å². The van der Waals surface area contributed by atoms with Gasteiger partial charge in [-0.15, -0.1) is 0 Å². The summed E-state index contributed by atoms with van der Waals surface area (Å²) >= 11 is 0. The summed E-state index contributed by atoms with van der Waals surface area (Å²) in [6, 6.07) is 21.1. The monoisotopic (exact) mass is 376 g/mol. The summed E-state index contributed by atoms with van der Waals surface area (Å²) in [6.45, 7) is 6.16. The smallest absolute Gasteiger partial charge is 0.243 e. The first-order valence-corrected chi connectivity index (χ1v) is 10.4. The number of allylic oxidation sites excluding steroid dienone is 1. The van der Waals surface area contributed by atoms with Crippen molar-refractivity contribution in [1.82, 2.24) is 10.2 Å². The van der Waals surface area contributed by atoms with Crippen molar-refractivity contribution >= 4 is 5.91 Å². The number of carbonyl (C=O) groups excluding carboxylic acids is 1. The van der Waals surface area contributed by atoms with Crippen LogP contribution in [0.4, 0.5) is 0 Å². The van der Waals surface area contributed by atoms with Gasteiger partial charge in [-0.25, -0.2) is 0 Å². The molecule has 0 radical (unpaired) electrons. The quantitative estimate of drug-likeness (QED) is 0.664. The van der Waals surface area contributed by atoms with Gasteiger partial charge in [-0.1, -0.05) is 66.2 Å². The van der Waals surface area contributed by atoms with Crippen LogP contribution in [0, 0.1) is 5.92 Å². The van der Waals surface area contributed by atoms with Crippen LogP contribution in [0.5, 0.6) is 0 Å². The summed E-state index contributed by atoms with van der Waals surface area (Å²) in [5.41, 5.74) is 3.85. The first-order chi connectivity index (χ1) is 13.7. The van der Waals surface area contributed by atoms with Gasteiger partial charge in [0.15, 0.2) is 0 Å². The number of benzene rings is 2. The molecule has 0 aromatic heterocycles. The molecule has 0 bridgehead atoms. The average Bonchev–Trinajstić information content (AvgIpc) is 3.19. The second-order valence-electron chi connectivity index (χ2n) is 7.91. The van der Waals surface area contributed by atoms with E-state index in [1.807, 2.05) is 13.0 Å². The molecule has 148 valence electrons. The number of aryl methyl sites for hydroxylation is 1. The Morgan fingerprint density at radius 2 is 1.68 bits per heavy atom. The third-order valence-electron chi connectivity index (χ3n) is 5.52. The fraction of sp³-hybridized carbons (Fsp3) is 0.400. The Morgan fingerprint density at radius 3 is 2.36 bits per heavy atom. The normalized spacial score (nSPS) is 17.6. The molecule has 1 atom stereocenters. The molecular formula is C25H32N2O. The van der Waals surface area contributed by atoms with E-state index in [1.54, 1.807) is 6.08 Å². The molecule has 1 aliphatic rings. The van der Waals surface area contributed by atoms with Crippen LogP contribution in [0.1, 0.15) is 30.9 Å². The molecule has 2 aromatic carbocycles. The van der Waals surface area contributed by atoms with Crippen molar-refractivity contribution in [2.45, 2.75) is 32.6 Å². The number of hydrogen-bond acceptors (Lipinski definition) is 2. The van der Waals surface area contributed by atoms with Gasteiger partial charge in [0.2, 0.25) is 5.91 Å². The summed E-state index contributed by atoms with van der Waals surface area (Å²) < 4.78 is 0. The Kier molecular flexibility index (Phi) is 7.86. The summed E-state index contributed by atoms with van der Waals surface area (Å²) in [5, 5.41) is 3.11. The molecule has 2 aromatic rings. The maximum absolute atomic E-state index is 12.2. The molecule has 1 fully saturated rings. The van der Waals surface area contributed by atoms with Gasteiger partial charge < -0.3 is 10.2 Å². The molecule has 0 spiro atoms. The highest BCUT2D eigenvalue weighted by atomic mass is 16.1. The zero-order valence-electron chi connectivity index (χ0n) is 16.9. The van der Waals surface area contributed by atoms with E-state index >= 15 is 0 Å². The van der Waals surface area contributed by atoms with Crippen molar-refractivity contribution in [1.29, 1.82) is 0 Å². The van der Waals surface area contributed by atoms with E-state index in [4.69, 9.17) is 0 Å². The molecule has 1 aliphatic heterocycles. The van der Waals surface area contributed by atoms with Crippen LogP contribution in [0.25, 0.3) is 0 Å². The fourth-order valence-corrected chi connectivity index (χ4v) is 3.79. The lowest BCUT2D eigenvalue weighted by Gasteiger charge is -2.16. The molecule has 1 amide bonds. The predicted molar refractivity (Wildman–Crippen MR) is 116 cm³/mol. The summed E-state index contributed by atoms with van der Waals surface area (Å²) in [7, 11) is 0. The van der Waals surface area contributed by atoms with Crippen molar-refractivity contribution < 1.29 is 4.79 Å². The first-order valence-electron chi connectivity index (χ1n) is 10.4. The SMILES string of the molecule is CC(=CC(=O)NCC1CCN(CCc2ccccc2)C1)CCc1ccccc1. The zero-order chi connectivity index (χ0) is 19.6. The number of likely N-dealkylation sites (tertiary alicyclic amines) is 1. The standard InChI is InChI=1S/C25H32N2O/c1-21(12-13-22-8-4-2-5-9-22)18-25(28)26-19-24-15-17-27(20-24)16-14-23-10-6-3-7-11-23/h2-11,18,24H,12-17,19-20H2,1H3,(H,26,28). The third-order valence-corrected chi connectivity index (χ3v) is 5.52. The van der Waals surface area contributed by atoms with E-state index in [0.29, 0.717) is 5.92 Å². The van der Waals surface area contributed by atoms with Crippen molar-refractivity contribution in [3.8, 4) is 0 Å². The minimum absolute atomic E-state index is 0.0493. The summed E-state index contributed by atoms with van der Waals surface area (Å²) in [4.78, 5) is 14.7. The maximum atomic E-state index is 12.2. The van der Waals surface area contributed by atoms with E-state index in [0.717, 1.165) is 51.0 Å². The number of hydrogen-bond donors (Lipinski definition) is 1. The van der Waals surface area contributed by atoms with Gasteiger partial charge in [-0.2, -0.15) is 0 Å². The van der Waals surface area contributed by atoms with Gasteiger partial charge in [-0.3, -0.25) is 4.79 Å². The van der Waals surface area contributed by atoms with Gasteiger partial charge in [0.05, 0.1) is 0 Å². The van der Waals surface area contributed by atoms with Gasteiger partial charge in [0, 0.05) is 25.7 Å². The minimum atomic E-state index is 0.0493. The molecule has 3 rings (SSSR count). The van der Waals surface area contributed by atoms with E-state index in [2.05, 4.69) is 64.8 Å². The molecule has 1 unspecified atom stereocenters. The van der Waals surface area contributed by atoms with E-state index in [1.165, 1.54) is 17.5 Å². The lowest BCUT2D eigenvalue weighted by molar-refractivity contribution is -0.116. The second-order valence-corrected chi connectivity index (χ2v) is 7.91. The van der Waals surface area contributed by atoms with Crippen LogP contribution in [-0.2, 0) is 17.6 Å². The highest BCUT2D eigenvalue weighted by molar-refractivity contribution is 5.88. The lowest BCUT2D eigenvalue weighted by Crippen LogP contribution is -2.30. The topological polar surface area (TPSA) is 32.3 Å². The maximum Gasteiger partial charge on any atom is 0.243 e.